The van der Waals surface area contributed by atoms with Gasteiger partial charge in [0.05, 0.1) is 6.54 Å². The van der Waals surface area contributed by atoms with E-state index in [4.69, 9.17) is 4.42 Å². The number of nitrogens with zero attached hydrogens (tertiary/aromatic N) is 1. The van der Waals surface area contributed by atoms with Gasteiger partial charge in [0, 0.05) is 13.0 Å². The molecule has 2 bridgehead atoms. The Labute approximate surface area is 121 Å². The third-order valence-corrected chi connectivity index (χ3v) is 5.84. The van der Waals surface area contributed by atoms with Crippen LogP contribution in [0.3, 0.4) is 0 Å². The quantitative estimate of drug-likeness (QED) is 0.855. The van der Waals surface area contributed by atoms with Crippen molar-refractivity contribution >= 4 is 21.8 Å². The summed E-state index contributed by atoms with van der Waals surface area (Å²) in [4.78, 5) is 14.4. The molecule has 102 valence electrons. The second-order valence-electron chi connectivity index (χ2n) is 6.41. The smallest absolute Gasteiger partial charge is 0.226 e. The first-order valence-corrected chi connectivity index (χ1v) is 7.93. The third-order valence-electron chi connectivity index (χ3n) is 5.42. The molecule has 1 aromatic rings. The molecule has 0 radical (unpaired) electrons. The van der Waals surface area contributed by atoms with Crippen molar-refractivity contribution in [2.75, 3.05) is 7.05 Å². The molecule has 0 unspecified atom stereocenters. The lowest BCUT2D eigenvalue weighted by molar-refractivity contribution is -0.133. The molecule has 4 rings (SSSR count). The minimum Gasteiger partial charge on any atom is -0.452 e. The monoisotopic (exact) mass is 323 g/mol. The van der Waals surface area contributed by atoms with E-state index in [1.165, 1.54) is 19.3 Å². The molecule has 0 saturated heterocycles. The number of hydrogen-bond donors (Lipinski definition) is 0. The highest BCUT2D eigenvalue weighted by molar-refractivity contribution is 9.10. The van der Waals surface area contributed by atoms with Crippen LogP contribution in [-0.4, -0.2) is 17.9 Å². The van der Waals surface area contributed by atoms with E-state index in [0.29, 0.717) is 18.4 Å². The van der Waals surface area contributed by atoms with Gasteiger partial charge in [-0.25, -0.2) is 0 Å². The van der Waals surface area contributed by atoms with E-state index in [0.717, 1.165) is 34.1 Å². The number of halogens is 1. The van der Waals surface area contributed by atoms with E-state index in [2.05, 4.69) is 15.9 Å². The van der Waals surface area contributed by atoms with Crippen LogP contribution in [0.5, 0.6) is 0 Å². The molecule has 4 atom stereocenters. The topological polar surface area (TPSA) is 33.5 Å². The van der Waals surface area contributed by atoms with Gasteiger partial charge in [-0.2, -0.15) is 0 Å². The molecule has 0 spiro atoms. The van der Waals surface area contributed by atoms with Crippen LogP contribution in [0.15, 0.2) is 21.2 Å². The van der Waals surface area contributed by atoms with Crippen LogP contribution in [0.2, 0.25) is 0 Å². The van der Waals surface area contributed by atoms with Gasteiger partial charge >= 0.3 is 0 Å². The number of furan rings is 1. The first kappa shape index (κ1) is 12.0. The fourth-order valence-corrected chi connectivity index (χ4v) is 5.00. The zero-order valence-electron chi connectivity index (χ0n) is 11.0. The summed E-state index contributed by atoms with van der Waals surface area (Å²) in [5.74, 6) is 4.66. The molecule has 3 aliphatic rings. The van der Waals surface area contributed by atoms with E-state index in [9.17, 15) is 4.79 Å². The predicted molar refractivity (Wildman–Crippen MR) is 74.2 cm³/mol. The Morgan fingerprint density at radius 1 is 1.37 bits per heavy atom. The number of carbonyl (C=O) groups is 1. The molecule has 3 fully saturated rings. The van der Waals surface area contributed by atoms with Crippen molar-refractivity contribution in [1.29, 1.82) is 0 Å². The van der Waals surface area contributed by atoms with Gasteiger partial charge in [0.2, 0.25) is 5.91 Å². The highest BCUT2D eigenvalue weighted by atomic mass is 79.9. The molecule has 0 aliphatic heterocycles. The van der Waals surface area contributed by atoms with Crippen LogP contribution < -0.4 is 0 Å². The summed E-state index contributed by atoms with van der Waals surface area (Å²) in [6.45, 7) is 0.579. The molecule has 4 heteroatoms. The molecule has 3 aliphatic carbocycles. The molecule has 1 amide bonds. The fraction of sp³-hybridized carbons (Fsp3) is 0.667. The van der Waals surface area contributed by atoms with Crippen LogP contribution in [-0.2, 0) is 11.3 Å². The lowest BCUT2D eigenvalue weighted by Gasteiger charge is -2.18. The normalized spacial score (nSPS) is 38.3. The Balaban J connectivity index is 1.42. The largest absolute Gasteiger partial charge is 0.452 e. The van der Waals surface area contributed by atoms with Crippen molar-refractivity contribution in [3.05, 3.63) is 22.6 Å². The van der Waals surface area contributed by atoms with Gasteiger partial charge in [-0.1, -0.05) is 0 Å². The molecule has 1 aromatic heterocycles. The van der Waals surface area contributed by atoms with Gasteiger partial charge in [-0.05, 0) is 71.0 Å². The zero-order valence-corrected chi connectivity index (χ0v) is 12.6. The molecular weight excluding hydrogens is 306 g/mol. The summed E-state index contributed by atoms with van der Waals surface area (Å²) < 4.78 is 6.20. The van der Waals surface area contributed by atoms with Crippen LogP contribution in [0.4, 0.5) is 0 Å². The number of carbonyl (C=O) groups excluding carboxylic acids is 1. The summed E-state index contributed by atoms with van der Waals surface area (Å²) in [5, 5.41) is 0. The minimum absolute atomic E-state index is 0.328. The molecule has 0 aromatic carbocycles. The number of amides is 1. The van der Waals surface area contributed by atoms with Crippen molar-refractivity contribution in [2.45, 2.75) is 25.8 Å². The van der Waals surface area contributed by atoms with Gasteiger partial charge in [0.15, 0.2) is 4.67 Å². The lowest BCUT2D eigenvalue weighted by Crippen LogP contribution is -2.29. The van der Waals surface area contributed by atoms with E-state index < -0.39 is 0 Å². The maximum Gasteiger partial charge on any atom is 0.226 e. The van der Waals surface area contributed by atoms with E-state index in [1.54, 1.807) is 0 Å². The van der Waals surface area contributed by atoms with Crippen molar-refractivity contribution in [3.8, 4) is 0 Å². The Morgan fingerprint density at radius 2 is 2.05 bits per heavy atom. The Kier molecular flexibility index (Phi) is 2.60. The molecule has 0 N–H and O–H groups in total. The van der Waals surface area contributed by atoms with Crippen molar-refractivity contribution in [3.63, 3.8) is 0 Å². The van der Waals surface area contributed by atoms with Gasteiger partial charge in [-0.3, -0.25) is 4.79 Å². The summed E-state index contributed by atoms with van der Waals surface area (Å²) in [6.07, 6.45) is 4.13. The number of fused-ring (bicyclic) bond motifs is 5. The molecule has 3 nitrogen and oxygen atoms in total. The summed E-state index contributed by atoms with van der Waals surface area (Å²) in [5.41, 5.74) is 0. The lowest BCUT2D eigenvalue weighted by atomic mass is 10.0. The van der Waals surface area contributed by atoms with Crippen molar-refractivity contribution in [2.24, 2.45) is 29.6 Å². The molecule has 1 heterocycles. The van der Waals surface area contributed by atoms with Gasteiger partial charge < -0.3 is 9.32 Å². The van der Waals surface area contributed by atoms with Gasteiger partial charge in [0.1, 0.15) is 5.76 Å². The van der Waals surface area contributed by atoms with Crippen molar-refractivity contribution in [1.82, 2.24) is 4.90 Å². The average molecular weight is 324 g/mol. The highest BCUT2D eigenvalue weighted by Gasteiger charge is 2.67. The second kappa shape index (κ2) is 4.11. The van der Waals surface area contributed by atoms with Gasteiger partial charge in [-0.15, -0.1) is 0 Å². The SMILES string of the molecule is CN(Cc1ccc(Br)o1)C(=O)C1[C@H]2[C@H]3CC[C@@H](C3)[C@H]12. The van der Waals surface area contributed by atoms with E-state index in [1.807, 2.05) is 24.1 Å². The summed E-state index contributed by atoms with van der Waals surface area (Å²) >= 11 is 3.29. The second-order valence-corrected chi connectivity index (χ2v) is 7.20. The maximum absolute atomic E-state index is 12.5. The average Bonchev–Trinajstić information content (AvgIpc) is 2.73. The van der Waals surface area contributed by atoms with E-state index >= 15 is 0 Å². The fourth-order valence-electron chi connectivity index (χ4n) is 4.66. The number of rotatable bonds is 3. The summed E-state index contributed by atoms with van der Waals surface area (Å²) in [6, 6.07) is 3.80. The standard InChI is InChI=1S/C15H18BrNO2/c1-17(7-10-4-5-11(16)19-10)15(18)14-12-8-2-3-9(6-8)13(12)14/h4-5,8-9,12-14H,2-3,6-7H2,1H3/t8-,9-,12-,13-/m0/s1. The van der Waals surface area contributed by atoms with Crippen LogP contribution in [0, 0.1) is 29.6 Å². The van der Waals surface area contributed by atoms with Crippen LogP contribution >= 0.6 is 15.9 Å². The molecule has 19 heavy (non-hydrogen) atoms. The molecular formula is C15H18BrNO2. The number of hydrogen-bond acceptors (Lipinski definition) is 2. The minimum atomic E-state index is 0.328. The van der Waals surface area contributed by atoms with Gasteiger partial charge in [0.25, 0.3) is 0 Å². The molecule has 3 saturated carbocycles. The first-order valence-electron chi connectivity index (χ1n) is 7.14. The third kappa shape index (κ3) is 1.79. The Bertz CT molecular complexity index is 510. The van der Waals surface area contributed by atoms with Crippen molar-refractivity contribution < 1.29 is 9.21 Å². The predicted octanol–water partition coefficient (Wildman–Crippen LogP) is 3.29. The summed E-state index contributed by atoms with van der Waals surface area (Å²) in [7, 11) is 1.90. The Morgan fingerprint density at radius 3 is 2.63 bits per heavy atom. The first-order chi connectivity index (χ1) is 9.15. The van der Waals surface area contributed by atoms with E-state index in [-0.39, 0.29) is 0 Å². The zero-order chi connectivity index (χ0) is 13.1. The maximum atomic E-state index is 12.5. The highest BCUT2D eigenvalue weighted by Crippen LogP contribution is 2.69. The van der Waals surface area contributed by atoms with Crippen LogP contribution in [0.1, 0.15) is 25.0 Å². The Hall–Kier alpha value is -0.770. The van der Waals surface area contributed by atoms with Crippen LogP contribution in [0.25, 0.3) is 0 Å².